The summed E-state index contributed by atoms with van der Waals surface area (Å²) < 4.78 is 5.05. The number of ether oxygens (including phenoxy) is 1. The second kappa shape index (κ2) is 6.64. The number of amides is 3. The van der Waals surface area contributed by atoms with Gasteiger partial charge < -0.3 is 20.3 Å². The number of hydrogen-bond acceptors (Lipinski definition) is 4. The van der Waals surface area contributed by atoms with Gasteiger partial charge >= 0.3 is 6.03 Å². The lowest BCUT2D eigenvalue weighted by Gasteiger charge is -2.37. The number of aromatic nitrogens is 1. The van der Waals surface area contributed by atoms with Crippen LogP contribution in [0.25, 0.3) is 0 Å². The average Bonchev–Trinajstić information content (AvgIpc) is 2.48. The molecular formula is C15H22N4O3. The van der Waals surface area contributed by atoms with Gasteiger partial charge in [0.25, 0.3) is 0 Å². The van der Waals surface area contributed by atoms with Crippen molar-refractivity contribution in [2.75, 3.05) is 25.5 Å². The Morgan fingerprint density at radius 1 is 1.50 bits per heavy atom. The number of nitrogens with zero attached hydrogens (tertiary/aromatic N) is 2. The molecule has 2 N–H and O–H groups in total. The molecule has 7 nitrogen and oxygen atoms in total. The van der Waals surface area contributed by atoms with Gasteiger partial charge in [-0.2, -0.15) is 0 Å². The highest BCUT2D eigenvalue weighted by atomic mass is 16.5. The molecule has 0 aromatic carbocycles. The van der Waals surface area contributed by atoms with Crippen LogP contribution in [-0.4, -0.2) is 48.1 Å². The van der Waals surface area contributed by atoms with E-state index in [1.807, 2.05) is 13.8 Å². The van der Waals surface area contributed by atoms with Crippen LogP contribution in [0.15, 0.2) is 12.1 Å². The Bertz CT molecular complexity index is 574. The van der Waals surface area contributed by atoms with Crippen molar-refractivity contribution in [3.8, 4) is 5.88 Å². The highest BCUT2D eigenvalue weighted by Crippen LogP contribution is 2.20. The molecular weight excluding hydrogens is 284 g/mol. The van der Waals surface area contributed by atoms with Crippen molar-refractivity contribution in [3.05, 3.63) is 17.8 Å². The fourth-order valence-corrected chi connectivity index (χ4v) is 2.55. The van der Waals surface area contributed by atoms with Gasteiger partial charge in [0.15, 0.2) is 0 Å². The molecule has 22 heavy (non-hydrogen) atoms. The molecule has 1 unspecified atom stereocenters. The molecule has 0 radical (unpaired) electrons. The molecule has 1 aromatic rings. The second-order valence-electron chi connectivity index (χ2n) is 5.59. The third kappa shape index (κ3) is 3.29. The van der Waals surface area contributed by atoms with Gasteiger partial charge in [-0.3, -0.25) is 4.79 Å². The summed E-state index contributed by atoms with van der Waals surface area (Å²) in [5.41, 5.74) is 1.27. The van der Waals surface area contributed by atoms with Crippen LogP contribution in [0.5, 0.6) is 5.88 Å². The maximum absolute atomic E-state index is 12.5. The summed E-state index contributed by atoms with van der Waals surface area (Å²) in [4.78, 5) is 30.3. The zero-order valence-corrected chi connectivity index (χ0v) is 13.3. The van der Waals surface area contributed by atoms with Gasteiger partial charge in [-0.25, -0.2) is 9.78 Å². The zero-order chi connectivity index (χ0) is 16.3. The summed E-state index contributed by atoms with van der Waals surface area (Å²) in [5, 5.41) is 5.62. The summed E-state index contributed by atoms with van der Waals surface area (Å²) in [5.74, 6) is 0.426. The van der Waals surface area contributed by atoms with Crippen molar-refractivity contribution < 1.29 is 14.3 Å². The number of piperazine rings is 1. The number of hydrogen-bond donors (Lipinski definition) is 2. The van der Waals surface area contributed by atoms with E-state index < -0.39 is 6.04 Å². The summed E-state index contributed by atoms with van der Waals surface area (Å²) >= 11 is 0. The molecule has 1 aliphatic heterocycles. The lowest BCUT2D eigenvalue weighted by Crippen LogP contribution is -2.60. The van der Waals surface area contributed by atoms with E-state index in [2.05, 4.69) is 15.6 Å². The number of aryl methyl sites for hydroxylation is 1. The molecule has 0 bridgehead atoms. The van der Waals surface area contributed by atoms with Gasteiger partial charge in [-0.1, -0.05) is 13.8 Å². The van der Waals surface area contributed by atoms with Crippen molar-refractivity contribution in [2.24, 2.45) is 5.92 Å². The number of rotatable bonds is 3. The lowest BCUT2D eigenvalue weighted by atomic mass is 10.00. The standard InChI is InChI=1S/C15H22N4O3/c1-9(2)13-14(20)16-7-8-19(13)15(21)18-11-5-6-12(22-4)17-10(11)3/h5-6,9,13H,7-8H2,1-4H3,(H,16,20)(H,18,21). The fourth-order valence-electron chi connectivity index (χ4n) is 2.55. The Morgan fingerprint density at radius 3 is 2.82 bits per heavy atom. The summed E-state index contributed by atoms with van der Waals surface area (Å²) in [6.45, 7) is 6.60. The first-order valence-electron chi connectivity index (χ1n) is 7.31. The predicted molar refractivity (Wildman–Crippen MR) is 82.9 cm³/mol. The van der Waals surface area contributed by atoms with Crippen LogP contribution in [0.4, 0.5) is 10.5 Å². The third-order valence-corrected chi connectivity index (χ3v) is 3.66. The van der Waals surface area contributed by atoms with Gasteiger partial charge in [-0.05, 0) is 18.9 Å². The topological polar surface area (TPSA) is 83.6 Å². The van der Waals surface area contributed by atoms with Gasteiger partial charge in [0.2, 0.25) is 11.8 Å². The number of pyridine rings is 1. The fraction of sp³-hybridized carbons (Fsp3) is 0.533. The van der Waals surface area contributed by atoms with E-state index in [1.165, 1.54) is 0 Å². The number of urea groups is 1. The number of carbonyl (C=O) groups excluding carboxylic acids is 2. The van der Waals surface area contributed by atoms with Crippen LogP contribution in [-0.2, 0) is 4.79 Å². The molecule has 2 heterocycles. The van der Waals surface area contributed by atoms with E-state index in [9.17, 15) is 9.59 Å². The molecule has 1 aromatic heterocycles. The first-order valence-corrected chi connectivity index (χ1v) is 7.31. The van der Waals surface area contributed by atoms with Crippen molar-refractivity contribution in [2.45, 2.75) is 26.8 Å². The van der Waals surface area contributed by atoms with Crippen LogP contribution in [0.3, 0.4) is 0 Å². The van der Waals surface area contributed by atoms with E-state index in [1.54, 1.807) is 31.1 Å². The van der Waals surface area contributed by atoms with Gasteiger partial charge in [0.1, 0.15) is 6.04 Å². The van der Waals surface area contributed by atoms with Gasteiger partial charge in [0.05, 0.1) is 18.5 Å². The second-order valence-corrected chi connectivity index (χ2v) is 5.59. The molecule has 0 spiro atoms. The van der Waals surface area contributed by atoms with E-state index in [0.29, 0.717) is 30.4 Å². The molecule has 3 amide bonds. The number of methoxy groups -OCH3 is 1. The summed E-state index contributed by atoms with van der Waals surface area (Å²) in [6.07, 6.45) is 0. The molecule has 2 rings (SSSR count). The van der Waals surface area contributed by atoms with Crippen LogP contribution in [0.1, 0.15) is 19.5 Å². The highest BCUT2D eigenvalue weighted by Gasteiger charge is 2.35. The van der Waals surface area contributed by atoms with Crippen molar-refractivity contribution >= 4 is 17.6 Å². The Hall–Kier alpha value is -2.31. The minimum absolute atomic E-state index is 0.0427. The minimum atomic E-state index is -0.458. The first kappa shape index (κ1) is 16.1. The number of carbonyl (C=O) groups is 2. The monoisotopic (exact) mass is 306 g/mol. The van der Waals surface area contributed by atoms with Crippen molar-refractivity contribution in [1.29, 1.82) is 0 Å². The van der Waals surface area contributed by atoms with E-state index >= 15 is 0 Å². The molecule has 0 aliphatic carbocycles. The van der Waals surface area contributed by atoms with Crippen molar-refractivity contribution in [3.63, 3.8) is 0 Å². The smallest absolute Gasteiger partial charge is 0.322 e. The average molecular weight is 306 g/mol. The molecule has 1 saturated heterocycles. The largest absolute Gasteiger partial charge is 0.481 e. The van der Waals surface area contributed by atoms with Crippen molar-refractivity contribution in [1.82, 2.24) is 15.2 Å². The maximum Gasteiger partial charge on any atom is 0.322 e. The maximum atomic E-state index is 12.5. The van der Waals surface area contributed by atoms with E-state index in [-0.39, 0.29) is 17.9 Å². The number of anilines is 1. The van der Waals surface area contributed by atoms with E-state index in [4.69, 9.17) is 4.74 Å². The molecule has 120 valence electrons. The molecule has 1 atom stereocenters. The zero-order valence-electron chi connectivity index (χ0n) is 13.3. The number of nitrogens with one attached hydrogen (secondary N) is 2. The quantitative estimate of drug-likeness (QED) is 0.884. The third-order valence-electron chi connectivity index (χ3n) is 3.66. The Balaban J connectivity index is 2.15. The van der Waals surface area contributed by atoms with Crippen LogP contribution in [0.2, 0.25) is 0 Å². The van der Waals surface area contributed by atoms with Crippen LogP contribution in [0, 0.1) is 12.8 Å². The Labute approximate surface area is 130 Å². The highest BCUT2D eigenvalue weighted by molar-refractivity contribution is 5.95. The summed E-state index contributed by atoms with van der Waals surface area (Å²) in [6, 6.07) is 2.68. The SMILES string of the molecule is COc1ccc(NC(=O)N2CCNC(=O)C2C(C)C)c(C)n1. The van der Waals surface area contributed by atoms with Crippen LogP contribution >= 0.6 is 0 Å². The predicted octanol–water partition coefficient (Wildman–Crippen LogP) is 1.39. The van der Waals surface area contributed by atoms with E-state index in [0.717, 1.165) is 0 Å². The Morgan fingerprint density at radius 2 is 2.23 bits per heavy atom. The summed E-state index contributed by atoms with van der Waals surface area (Å²) in [7, 11) is 1.54. The molecule has 1 aliphatic rings. The minimum Gasteiger partial charge on any atom is -0.481 e. The van der Waals surface area contributed by atoms with Crippen LogP contribution < -0.4 is 15.4 Å². The van der Waals surface area contributed by atoms with Gasteiger partial charge in [0, 0.05) is 19.2 Å². The normalized spacial score (nSPS) is 18.1. The van der Waals surface area contributed by atoms with Gasteiger partial charge in [-0.15, -0.1) is 0 Å². The molecule has 7 heteroatoms. The Kier molecular flexibility index (Phi) is 4.85. The molecule has 0 saturated carbocycles. The first-order chi connectivity index (χ1) is 10.4. The lowest BCUT2D eigenvalue weighted by molar-refractivity contribution is -0.129. The molecule has 1 fully saturated rings.